The molecule has 0 radical (unpaired) electrons. The number of nitrogens with zero attached hydrogens (tertiary/aromatic N) is 2. The maximum Gasteiger partial charge on any atom is 0.268 e. The molecule has 4 aromatic rings. The van der Waals surface area contributed by atoms with Crippen LogP contribution in [0.5, 0.6) is 0 Å². The maximum atomic E-state index is 13.6. The number of benzene rings is 2. The number of ketones is 1. The number of fused-ring (bicyclic) bond motifs is 1. The zero-order valence-electron chi connectivity index (χ0n) is 22.5. The van der Waals surface area contributed by atoms with Gasteiger partial charge in [-0.1, -0.05) is 73.7 Å². The van der Waals surface area contributed by atoms with Crippen LogP contribution in [0.4, 0.5) is 0 Å². The minimum absolute atomic E-state index is 0.0632. The van der Waals surface area contributed by atoms with Crippen LogP contribution in [-0.4, -0.2) is 39.6 Å². The molecule has 0 saturated heterocycles. The second-order valence-electron chi connectivity index (χ2n) is 10.2. The quantitative estimate of drug-likeness (QED) is 0.210. The van der Waals surface area contributed by atoms with Crippen molar-refractivity contribution in [1.82, 2.24) is 20.6 Å². The Morgan fingerprint density at radius 3 is 2.41 bits per heavy atom. The summed E-state index contributed by atoms with van der Waals surface area (Å²) in [6, 6.07) is 14.0. The van der Waals surface area contributed by atoms with Crippen molar-refractivity contribution in [3.63, 3.8) is 0 Å². The molecule has 1 saturated carbocycles. The number of oxazole rings is 1. The van der Waals surface area contributed by atoms with E-state index in [4.69, 9.17) is 27.6 Å². The van der Waals surface area contributed by atoms with Gasteiger partial charge in [0.1, 0.15) is 6.04 Å². The SMILES string of the molecule is CCC(NC(=O)C(NC(=O)c1ccc(-c2ccccc2Cl)c(Cl)c1)C1CCCCC1)C(=O)c1nc2ncccc2o1. The van der Waals surface area contributed by atoms with E-state index in [1.54, 1.807) is 49.5 Å². The van der Waals surface area contributed by atoms with Gasteiger partial charge in [-0.3, -0.25) is 14.4 Å². The molecule has 0 spiro atoms. The number of nitrogens with one attached hydrogen (secondary N) is 2. The highest BCUT2D eigenvalue weighted by molar-refractivity contribution is 6.36. The average molecular weight is 594 g/mol. The van der Waals surface area contributed by atoms with Crippen LogP contribution in [0.1, 0.15) is 66.5 Å². The summed E-state index contributed by atoms with van der Waals surface area (Å²) < 4.78 is 5.59. The molecule has 2 unspecified atom stereocenters. The number of pyridine rings is 1. The van der Waals surface area contributed by atoms with Gasteiger partial charge in [-0.2, -0.15) is 4.98 Å². The number of Topliss-reactive ketones (excluding diaryl/α,β-unsaturated/α-hetero) is 1. The van der Waals surface area contributed by atoms with E-state index in [1.165, 1.54) is 0 Å². The zero-order chi connectivity index (χ0) is 28.9. The van der Waals surface area contributed by atoms with E-state index >= 15 is 0 Å². The smallest absolute Gasteiger partial charge is 0.268 e. The third-order valence-corrected chi connectivity index (χ3v) is 8.14. The zero-order valence-corrected chi connectivity index (χ0v) is 24.0. The number of carbonyl (C=O) groups excluding carboxylic acids is 3. The fourth-order valence-corrected chi connectivity index (χ4v) is 5.80. The molecule has 2 N–H and O–H groups in total. The first-order valence-electron chi connectivity index (χ1n) is 13.8. The summed E-state index contributed by atoms with van der Waals surface area (Å²) >= 11 is 12.9. The summed E-state index contributed by atoms with van der Waals surface area (Å²) in [5.74, 6) is -1.47. The molecule has 2 aromatic carbocycles. The third kappa shape index (κ3) is 6.44. The van der Waals surface area contributed by atoms with Crippen LogP contribution in [0.15, 0.2) is 65.2 Å². The molecule has 5 rings (SSSR count). The fourth-order valence-electron chi connectivity index (χ4n) is 5.28. The van der Waals surface area contributed by atoms with Gasteiger partial charge in [0.05, 0.1) is 6.04 Å². The minimum Gasteiger partial charge on any atom is -0.432 e. The predicted molar refractivity (Wildman–Crippen MR) is 158 cm³/mol. The van der Waals surface area contributed by atoms with Crippen LogP contribution < -0.4 is 10.6 Å². The Labute approximate surface area is 247 Å². The van der Waals surface area contributed by atoms with E-state index in [2.05, 4.69) is 20.6 Å². The maximum absolute atomic E-state index is 13.6. The normalized spacial score (nSPS) is 15.3. The van der Waals surface area contributed by atoms with Gasteiger partial charge in [0.25, 0.3) is 11.8 Å². The molecule has 2 atom stereocenters. The molecule has 41 heavy (non-hydrogen) atoms. The van der Waals surface area contributed by atoms with Crippen LogP contribution in [0, 0.1) is 5.92 Å². The standard InChI is InChI=1S/C31H30Cl2N4O4/c1-2-24(27(38)31-37-28-25(41-31)13-8-16-34-28)35-30(40)26(18-9-4-3-5-10-18)36-29(39)19-14-15-21(23(33)17-19)20-11-6-7-12-22(20)32/h6-8,11-18,24,26H,2-5,9-10H2,1H3,(H,35,40)(H,36,39). The molecule has 1 fully saturated rings. The first-order valence-corrected chi connectivity index (χ1v) is 14.5. The highest BCUT2D eigenvalue weighted by Crippen LogP contribution is 2.34. The Morgan fingerprint density at radius 2 is 1.71 bits per heavy atom. The number of amides is 2. The Bertz CT molecular complexity index is 1550. The first kappa shape index (κ1) is 28.8. The van der Waals surface area contributed by atoms with E-state index in [0.29, 0.717) is 38.8 Å². The molecule has 1 aliphatic carbocycles. The lowest BCUT2D eigenvalue weighted by Gasteiger charge is -2.31. The number of hydrogen-bond donors (Lipinski definition) is 2. The van der Waals surface area contributed by atoms with Crippen molar-refractivity contribution >= 4 is 52.0 Å². The summed E-state index contributed by atoms with van der Waals surface area (Å²) in [6.07, 6.45) is 6.50. The Kier molecular flexibility index (Phi) is 9.00. The van der Waals surface area contributed by atoms with E-state index in [0.717, 1.165) is 37.7 Å². The summed E-state index contributed by atoms with van der Waals surface area (Å²) in [4.78, 5) is 48.6. The molecular formula is C31H30Cl2N4O4. The van der Waals surface area contributed by atoms with Crippen molar-refractivity contribution in [3.8, 4) is 11.1 Å². The van der Waals surface area contributed by atoms with E-state index in [9.17, 15) is 14.4 Å². The third-order valence-electron chi connectivity index (χ3n) is 7.50. The molecule has 0 aliphatic heterocycles. The van der Waals surface area contributed by atoms with E-state index in [-0.39, 0.29) is 11.8 Å². The monoisotopic (exact) mass is 592 g/mol. The number of carbonyl (C=O) groups is 3. The highest BCUT2D eigenvalue weighted by Gasteiger charge is 2.34. The van der Waals surface area contributed by atoms with Crippen molar-refractivity contribution in [1.29, 1.82) is 0 Å². The largest absolute Gasteiger partial charge is 0.432 e. The fraction of sp³-hybridized carbons (Fsp3) is 0.323. The predicted octanol–water partition coefficient (Wildman–Crippen LogP) is 6.65. The molecule has 2 heterocycles. The van der Waals surface area contributed by atoms with Gasteiger partial charge in [-0.05, 0) is 55.5 Å². The molecule has 10 heteroatoms. The summed E-state index contributed by atoms with van der Waals surface area (Å²) in [6.45, 7) is 1.79. The molecular weight excluding hydrogens is 563 g/mol. The van der Waals surface area contributed by atoms with Crippen molar-refractivity contribution in [2.24, 2.45) is 5.92 Å². The Hall–Kier alpha value is -3.75. The Morgan fingerprint density at radius 1 is 0.951 bits per heavy atom. The molecule has 2 amide bonds. The second kappa shape index (κ2) is 12.8. The van der Waals surface area contributed by atoms with Crippen LogP contribution >= 0.6 is 23.2 Å². The first-order chi connectivity index (χ1) is 19.9. The number of hydrogen-bond acceptors (Lipinski definition) is 6. The molecule has 2 aromatic heterocycles. The molecule has 212 valence electrons. The van der Waals surface area contributed by atoms with Crippen molar-refractivity contribution in [3.05, 3.63) is 82.3 Å². The lowest BCUT2D eigenvalue weighted by Crippen LogP contribution is -2.54. The highest BCUT2D eigenvalue weighted by atomic mass is 35.5. The molecule has 1 aliphatic rings. The lowest BCUT2D eigenvalue weighted by molar-refractivity contribution is -0.125. The molecule has 8 nitrogen and oxygen atoms in total. The van der Waals surface area contributed by atoms with Crippen LogP contribution in [0.2, 0.25) is 10.0 Å². The van der Waals surface area contributed by atoms with Crippen LogP contribution in [-0.2, 0) is 4.79 Å². The van der Waals surface area contributed by atoms with Gasteiger partial charge >= 0.3 is 0 Å². The second-order valence-corrected chi connectivity index (χ2v) is 11.0. The van der Waals surface area contributed by atoms with Crippen molar-refractivity contribution < 1.29 is 18.8 Å². The lowest BCUT2D eigenvalue weighted by atomic mass is 9.83. The van der Waals surface area contributed by atoms with E-state index < -0.39 is 29.7 Å². The van der Waals surface area contributed by atoms with Gasteiger partial charge in [-0.15, -0.1) is 0 Å². The number of aromatic nitrogens is 2. The number of rotatable bonds is 9. The van der Waals surface area contributed by atoms with Gasteiger partial charge < -0.3 is 15.1 Å². The minimum atomic E-state index is -0.872. The van der Waals surface area contributed by atoms with Crippen molar-refractivity contribution in [2.45, 2.75) is 57.5 Å². The van der Waals surface area contributed by atoms with Gasteiger partial charge in [-0.25, -0.2) is 4.98 Å². The van der Waals surface area contributed by atoms with Gasteiger partial charge in [0.15, 0.2) is 11.2 Å². The topological polar surface area (TPSA) is 114 Å². The summed E-state index contributed by atoms with van der Waals surface area (Å²) in [7, 11) is 0. The molecule has 0 bridgehead atoms. The van der Waals surface area contributed by atoms with Crippen molar-refractivity contribution in [2.75, 3.05) is 0 Å². The summed E-state index contributed by atoms with van der Waals surface area (Å²) in [5.41, 5.74) is 2.50. The number of halogens is 2. The van der Waals surface area contributed by atoms with Gasteiger partial charge in [0, 0.05) is 32.9 Å². The van der Waals surface area contributed by atoms with E-state index in [1.807, 2.05) is 18.2 Å². The average Bonchev–Trinajstić information content (AvgIpc) is 3.43. The van der Waals surface area contributed by atoms with Gasteiger partial charge in [0.2, 0.25) is 11.7 Å². The van der Waals surface area contributed by atoms with Crippen LogP contribution in [0.3, 0.4) is 0 Å². The van der Waals surface area contributed by atoms with Crippen LogP contribution in [0.25, 0.3) is 22.4 Å². The summed E-state index contributed by atoms with van der Waals surface area (Å²) in [5, 5.41) is 6.70. The Balaban J connectivity index is 1.34.